The molecule has 0 bridgehead atoms. The van der Waals surface area contributed by atoms with Gasteiger partial charge in [-0.1, -0.05) is 30.3 Å². The van der Waals surface area contributed by atoms with Gasteiger partial charge in [0.15, 0.2) is 0 Å². The van der Waals surface area contributed by atoms with Gasteiger partial charge in [-0.3, -0.25) is 9.59 Å². The average Bonchev–Trinajstić information content (AvgIpc) is 3.12. The van der Waals surface area contributed by atoms with Gasteiger partial charge in [0.2, 0.25) is 0 Å². The molecule has 3 rings (SSSR count). The second-order valence-corrected chi connectivity index (χ2v) is 5.39. The van der Waals surface area contributed by atoms with Crippen molar-refractivity contribution in [1.82, 2.24) is 0 Å². The zero-order valence-corrected chi connectivity index (χ0v) is 11.5. The van der Waals surface area contributed by atoms with Gasteiger partial charge in [-0.25, -0.2) is 0 Å². The predicted octanol–water partition coefficient (Wildman–Crippen LogP) is 1.97. The van der Waals surface area contributed by atoms with E-state index in [1.54, 1.807) is 6.92 Å². The van der Waals surface area contributed by atoms with Crippen LogP contribution in [0.3, 0.4) is 0 Å². The Hall–Kier alpha value is -1.68. The quantitative estimate of drug-likeness (QED) is 0.770. The van der Waals surface area contributed by atoms with E-state index in [1.807, 2.05) is 30.3 Å². The molecule has 4 nitrogen and oxygen atoms in total. The fraction of sp³-hybridized carbons (Fsp3) is 0.500. The Kier molecular flexibility index (Phi) is 3.57. The second kappa shape index (κ2) is 5.37. The molecule has 0 heterocycles. The first-order valence-electron chi connectivity index (χ1n) is 7.07. The monoisotopic (exact) mass is 274 g/mol. The van der Waals surface area contributed by atoms with Gasteiger partial charge < -0.3 is 9.47 Å². The number of ketones is 1. The molecule has 4 unspecified atom stereocenters. The third-order valence-electron chi connectivity index (χ3n) is 4.14. The SMILES string of the molecule is CCOC(=O)C1C2C(=O)CC(OCc3ccccc3)C21. The normalized spacial score (nSPS) is 30.9. The van der Waals surface area contributed by atoms with Crippen LogP contribution in [0, 0.1) is 17.8 Å². The number of esters is 1. The molecule has 2 aliphatic rings. The fourth-order valence-corrected chi connectivity index (χ4v) is 3.17. The smallest absolute Gasteiger partial charge is 0.310 e. The molecule has 0 saturated heterocycles. The highest BCUT2D eigenvalue weighted by Gasteiger charge is 2.67. The van der Waals surface area contributed by atoms with Crippen LogP contribution in [-0.4, -0.2) is 24.5 Å². The number of Topliss-reactive ketones (excluding diaryl/α,β-unsaturated/α-hetero) is 1. The van der Waals surface area contributed by atoms with Gasteiger partial charge in [0.05, 0.1) is 25.2 Å². The molecule has 0 aliphatic heterocycles. The maximum Gasteiger partial charge on any atom is 0.310 e. The van der Waals surface area contributed by atoms with Gasteiger partial charge in [0.1, 0.15) is 5.78 Å². The molecule has 0 N–H and O–H groups in total. The molecule has 1 aromatic carbocycles. The van der Waals surface area contributed by atoms with E-state index >= 15 is 0 Å². The van der Waals surface area contributed by atoms with E-state index < -0.39 is 0 Å². The minimum absolute atomic E-state index is 0.0327. The van der Waals surface area contributed by atoms with Crippen molar-refractivity contribution in [2.24, 2.45) is 17.8 Å². The van der Waals surface area contributed by atoms with Crippen LogP contribution in [-0.2, 0) is 25.7 Å². The molecule has 0 amide bonds. The van der Waals surface area contributed by atoms with Gasteiger partial charge in [-0.05, 0) is 12.5 Å². The summed E-state index contributed by atoms with van der Waals surface area (Å²) in [4.78, 5) is 23.6. The summed E-state index contributed by atoms with van der Waals surface area (Å²) in [6.45, 7) is 2.62. The largest absolute Gasteiger partial charge is 0.466 e. The van der Waals surface area contributed by atoms with E-state index in [1.165, 1.54) is 0 Å². The van der Waals surface area contributed by atoms with Crippen molar-refractivity contribution in [3.8, 4) is 0 Å². The van der Waals surface area contributed by atoms with Crippen molar-refractivity contribution in [3.05, 3.63) is 35.9 Å². The first-order valence-corrected chi connectivity index (χ1v) is 7.07. The summed E-state index contributed by atoms with van der Waals surface area (Å²) in [6.07, 6.45) is 0.292. The van der Waals surface area contributed by atoms with E-state index in [2.05, 4.69) is 0 Å². The molecule has 0 aromatic heterocycles. The Balaban J connectivity index is 1.59. The van der Waals surface area contributed by atoms with Crippen molar-refractivity contribution >= 4 is 11.8 Å². The van der Waals surface area contributed by atoms with Crippen molar-refractivity contribution in [1.29, 1.82) is 0 Å². The van der Waals surface area contributed by atoms with E-state index in [0.717, 1.165) is 5.56 Å². The van der Waals surface area contributed by atoms with Crippen LogP contribution in [0.2, 0.25) is 0 Å². The van der Waals surface area contributed by atoms with Crippen LogP contribution >= 0.6 is 0 Å². The van der Waals surface area contributed by atoms with Crippen molar-refractivity contribution < 1.29 is 19.1 Å². The third kappa shape index (κ3) is 2.36. The standard InChI is InChI=1S/C16H18O4/c1-2-19-16(18)15-13-11(17)8-12(14(13)15)20-9-10-6-4-3-5-7-10/h3-7,12-15H,2,8-9H2,1H3. The first kappa shape index (κ1) is 13.3. The van der Waals surface area contributed by atoms with Crippen molar-refractivity contribution in [2.45, 2.75) is 26.1 Å². The van der Waals surface area contributed by atoms with Crippen LogP contribution < -0.4 is 0 Å². The maximum absolute atomic E-state index is 11.9. The molecule has 4 heteroatoms. The Bertz CT molecular complexity index is 510. The Labute approximate surface area is 118 Å². The van der Waals surface area contributed by atoms with E-state index in [9.17, 15) is 9.59 Å². The highest BCUT2D eigenvalue weighted by molar-refractivity contribution is 5.95. The molecule has 4 atom stereocenters. The first-order chi connectivity index (χ1) is 9.72. The molecular weight excluding hydrogens is 256 g/mol. The zero-order valence-electron chi connectivity index (χ0n) is 11.5. The maximum atomic E-state index is 11.9. The number of carbonyl (C=O) groups is 2. The van der Waals surface area contributed by atoms with Gasteiger partial charge >= 0.3 is 5.97 Å². The van der Waals surface area contributed by atoms with E-state index in [-0.39, 0.29) is 35.6 Å². The van der Waals surface area contributed by atoms with Crippen molar-refractivity contribution in [2.75, 3.05) is 6.61 Å². The lowest BCUT2D eigenvalue weighted by atomic mass is 10.1. The topological polar surface area (TPSA) is 52.6 Å². The predicted molar refractivity (Wildman–Crippen MR) is 71.7 cm³/mol. The lowest BCUT2D eigenvalue weighted by molar-refractivity contribution is -0.147. The third-order valence-corrected chi connectivity index (χ3v) is 4.14. The minimum Gasteiger partial charge on any atom is -0.466 e. The van der Waals surface area contributed by atoms with Gasteiger partial charge in [0.25, 0.3) is 0 Å². The highest BCUT2D eigenvalue weighted by Crippen LogP contribution is 2.57. The number of carbonyl (C=O) groups excluding carboxylic acids is 2. The fourth-order valence-electron chi connectivity index (χ4n) is 3.17. The van der Waals surface area contributed by atoms with E-state index in [0.29, 0.717) is 19.6 Å². The van der Waals surface area contributed by atoms with E-state index in [4.69, 9.17) is 9.47 Å². The number of benzene rings is 1. The zero-order chi connectivity index (χ0) is 14.1. The Morgan fingerprint density at radius 3 is 2.75 bits per heavy atom. The lowest BCUT2D eigenvalue weighted by Gasteiger charge is -2.14. The molecule has 20 heavy (non-hydrogen) atoms. The summed E-state index contributed by atoms with van der Waals surface area (Å²) in [5.41, 5.74) is 1.08. The van der Waals surface area contributed by atoms with Crippen LogP contribution in [0.15, 0.2) is 30.3 Å². The van der Waals surface area contributed by atoms with Crippen LogP contribution in [0.4, 0.5) is 0 Å². The summed E-state index contributed by atoms with van der Waals surface area (Å²) in [6, 6.07) is 9.85. The number of fused-ring (bicyclic) bond motifs is 1. The molecule has 0 radical (unpaired) electrons. The summed E-state index contributed by atoms with van der Waals surface area (Å²) in [5, 5.41) is 0. The Morgan fingerprint density at radius 2 is 2.05 bits per heavy atom. The van der Waals surface area contributed by atoms with Crippen molar-refractivity contribution in [3.63, 3.8) is 0 Å². The molecule has 1 aromatic rings. The number of hydrogen-bond donors (Lipinski definition) is 0. The number of ether oxygens (including phenoxy) is 2. The van der Waals surface area contributed by atoms with Gasteiger partial charge in [-0.15, -0.1) is 0 Å². The number of hydrogen-bond acceptors (Lipinski definition) is 4. The lowest BCUT2D eigenvalue weighted by Crippen LogP contribution is -2.21. The molecule has 0 spiro atoms. The minimum atomic E-state index is -0.267. The van der Waals surface area contributed by atoms with Crippen LogP contribution in [0.5, 0.6) is 0 Å². The summed E-state index contributed by atoms with van der Waals surface area (Å²) < 4.78 is 10.9. The van der Waals surface area contributed by atoms with Gasteiger partial charge in [-0.2, -0.15) is 0 Å². The molecule has 106 valence electrons. The summed E-state index contributed by atoms with van der Waals surface area (Å²) >= 11 is 0. The highest BCUT2D eigenvalue weighted by atomic mass is 16.5. The molecule has 2 aliphatic carbocycles. The summed E-state index contributed by atoms with van der Waals surface area (Å²) in [7, 11) is 0. The number of rotatable bonds is 5. The average molecular weight is 274 g/mol. The second-order valence-electron chi connectivity index (χ2n) is 5.39. The summed E-state index contributed by atoms with van der Waals surface area (Å²) in [5.74, 6) is -0.493. The molecule has 2 saturated carbocycles. The van der Waals surface area contributed by atoms with Crippen LogP contribution in [0.25, 0.3) is 0 Å². The van der Waals surface area contributed by atoms with Crippen LogP contribution in [0.1, 0.15) is 18.9 Å². The molecule has 2 fully saturated rings. The molecular formula is C16H18O4. The Morgan fingerprint density at radius 1 is 1.30 bits per heavy atom. The van der Waals surface area contributed by atoms with Gasteiger partial charge in [0, 0.05) is 18.3 Å².